The quantitative estimate of drug-likeness (QED) is 0.351. The molecule has 1 aliphatic rings. The van der Waals surface area contributed by atoms with E-state index in [0.717, 1.165) is 16.5 Å². The Morgan fingerprint density at radius 3 is 2.26 bits per heavy atom. The smallest absolute Gasteiger partial charge is 0.258 e. The number of aromatic nitrogens is 1. The van der Waals surface area contributed by atoms with Crippen LogP contribution in [-0.2, 0) is 4.79 Å². The summed E-state index contributed by atoms with van der Waals surface area (Å²) in [5.41, 5.74) is 3.52. The second-order valence-electron chi connectivity index (χ2n) is 8.85. The third-order valence-electron chi connectivity index (χ3n) is 6.63. The first-order valence-electron chi connectivity index (χ1n) is 11.9. The highest BCUT2D eigenvalue weighted by Crippen LogP contribution is 2.44. The van der Waals surface area contributed by atoms with Gasteiger partial charge >= 0.3 is 0 Å². The maximum Gasteiger partial charge on any atom is 0.258 e. The zero-order valence-electron chi connectivity index (χ0n) is 21.4. The highest BCUT2D eigenvalue weighted by Gasteiger charge is 2.35. The lowest BCUT2D eigenvalue weighted by atomic mass is 9.91. The van der Waals surface area contributed by atoms with E-state index in [1.165, 1.54) is 33.3 Å². The third kappa shape index (κ3) is 4.37. The minimum atomic E-state index is -0.491. The Kier molecular flexibility index (Phi) is 6.82. The molecule has 1 atom stereocenters. The van der Waals surface area contributed by atoms with Crippen molar-refractivity contribution in [2.75, 3.05) is 21.3 Å². The number of methoxy groups -OCH3 is 3. The SMILES string of the molecule is COc1cc(C2CC(c3c(-c4ccccc4)c4cc(Cl)ccc4[nH]c3=O)=NN2C(C)=O)cc(OC)c1OC. The molecule has 194 valence electrons. The van der Waals surface area contributed by atoms with Crippen LogP contribution in [0.4, 0.5) is 0 Å². The van der Waals surface area contributed by atoms with Gasteiger partial charge in [-0.25, -0.2) is 5.01 Å². The molecule has 0 spiro atoms. The molecule has 0 radical (unpaired) electrons. The van der Waals surface area contributed by atoms with E-state index < -0.39 is 6.04 Å². The van der Waals surface area contributed by atoms with Crippen molar-refractivity contribution in [3.63, 3.8) is 0 Å². The van der Waals surface area contributed by atoms with Crippen LogP contribution in [0.15, 0.2) is 70.6 Å². The fourth-order valence-electron chi connectivity index (χ4n) is 4.95. The molecule has 0 saturated carbocycles. The summed E-state index contributed by atoms with van der Waals surface area (Å²) in [6.07, 6.45) is 0.299. The van der Waals surface area contributed by atoms with Gasteiger partial charge in [-0.05, 0) is 41.5 Å². The van der Waals surface area contributed by atoms with Gasteiger partial charge in [0.15, 0.2) is 11.5 Å². The van der Waals surface area contributed by atoms with Gasteiger partial charge in [-0.2, -0.15) is 5.10 Å². The average molecular weight is 532 g/mol. The number of hydrogen-bond donors (Lipinski definition) is 1. The highest BCUT2D eigenvalue weighted by atomic mass is 35.5. The van der Waals surface area contributed by atoms with Gasteiger partial charge in [0.25, 0.3) is 5.56 Å². The molecule has 1 N–H and O–H groups in total. The molecular weight excluding hydrogens is 506 g/mol. The van der Waals surface area contributed by atoms with Crippen LogP contribution in [0.2, 0.25) is 5.02 Å². The summed E-state index contributed by atoms with van der Waals surface area (Å²) in [5, 5.41) is 7.40. The predicted octanol–water partition coefficient (Wildman–Crippen LogP) is 5.57. The molecule has 38 heavy (non-hydrogen) atoms. The maximum absolute atomic E-state index is 13.6. The van der Waals surface area contributed by atoms with Gasteiger partial charge < -0.3 is 19.2 Å². The number of nitrogens with one attached hydrogen (secondary N) is 1. The van der Waals surface area contributed by atoms with E-state index in [2.05, 4.69) is 10.1 Å². The second kappa shape index (κ2) is 10.2. The summed E-state index contributed by atoms with van der Waals surface area (Å²) < 4.78 is 16.5. The molecule has 0 saturated heterocycles. The van der Waals surface area contributed by atoms with Crippen molar-refractivity contribution < 1.29 is 19.0 Å². The summed E-state index contributed by atoms with van der Waals surface area (Å²) >= 11 is 6.37. The Morgan fingerprint density at radius 1 is 0.974 bits per heavy atom. The van der Waals surface area contributed by atoms with Crippen molar-refractivity contribution in [2.45, 2.75) is 19.4 Å². The first-order chi connectivity index (χ1) is 18.4. The topological polar surface area (TPSA) is 93.2 Å². The van der Waals surface area contributed by atoms with Crippen molar-refractivity contribution in [3.05, 3.63) is 87.2 Å². The highest BCUT2D eigenvalue weighted by molar-refractivity contribution is 6.31. The van der Waals surface area contributed by atoms with Crippen molar-refractivity contribution >= 4 is 34.1 Å². The molecule has 8 nitrogen and oxygen atoms in total. The third-order valence-corrected chi connectivity index (χ3v) is 6.87. The van der Waals surface area contributed by atoms with Crippen LogP contribution >= 0.6 is 11.6 Å². The number of hydrazone groups is 1. The number of halogens is 1. The number of pyridine rings is 1. The summed E-state index contributed by atoms with van der Waals surface area (Å²) in [7, 11) is 4.60. The predicted molar refractivity (Wildman–Crippen MR) is 148 cm³/mol. The van der Waals surface area contributed by atoms with Crippen LogP contribution in [-0.4, -0.2) is 42.9 Å². The molecule has 5 rings (SSSR count). The van der Waals surface area contributed by atoms with Crippen LogP contribution in [0.5, 0.6) is 17.2 Å². The Morgan fingerprint density at radius 2 is 1.66 bits per heavy atom. The molecule has 1 aromatic heterocycles. The van der Waals surface area contributed by atoms with E-state index in [0.29, 0.717) is 51.0 Å². The minimum absolute atomic E-state index is 0.264. The normalized spacial score (nSPS) is 14.9. The van der Waals surface area contributed by atoms with Gasteiger partial charge in [0.2, 0.25) is 11.7 Å². The van der Waals surface area contributed by atoms with Gasteiger partial charge in [-0.15, -0.1) is 0 Å². The number of rotatable bonds is 6. The average Bonchev–Trinajstić information content (AvgIpc) is 3.37. The van der Waals surface area contributed by atoms with E-state index in [4.69, 9.17) is 25.8 Å². The monoisotopic (exact) mass is 531 g/mol. The molecule has 1 unspecified atom stereocenters. The van der Waals surface area contributed by atoms with E-state index in [-0.39, 0.29) is 11.5 Å². The number of carbonyl (C=O) groups excluding carboxylic acids is 1. The lowest BCUT2D eigenvalue weighted by Crippen LogP contribution is -2.24. The Labute approximate surface area is 224 Å². The number of benzene rings is 3. The van der Waals surface area contributed by atoms with Crippen LogP contribution in [0, 0.1) is 0 Å². The van der Waals surface area contributed by atoms with Crippen LogP contribution in [0.25, 0.3) is 22.0 Å². The largest absolute Gasteiger partial charge is 0.493 e. The van der Waals surface area contributed by atoms with Crippen molar-refractivity contribution in [1.29, 1.82) is 0 Å². The van der Waals surface area contributed by atoms with Crippen molar-refractivity contribution in [2.24, 2.45) is 5.10 Å². The van der Waals surface area contributed by atoms with Gasteiger partial charge in [0, 0.05) is 34.8 Å². The molecule has 4 aromatic rings. The number of H-pyrrole nitrogens is 1. The molecule has 2 heterocycles. The number of fused-ring (bicyclic) bond motifs is 1. The number of nitrogens with zero attached hydrogens (tertiary/aromatic N) is 2. The zero-order chi connectivity index (χ0) is 27.0. The van der Waals surface area contributed by atoms with E-state index in [1.54, 1.807) is 24.3 Å². The first kappa shape index (κ1) is 25.4. The Bertz CT molecular complexity index is 1610. The minimum Gasteiger partial charge on any atom is -0.493 e. The van der Waals surface area contributed by atoms with Crippen molar-refractivity contribution in [3.8, 4) is 28.4 Å². The van der Waals surface area contributed by atoms with Crippen molar-refractivity contribution in [1.82, 2.24) is 9.99 Å². The fraction of sp³-hybridized carbons (Fsp3) is 0.207. The summed E-state index contributed by atoms with van der Waals surface area (Å²) in [6, 6.07) is 18.1. The number of hydrogen-bond acceptors (Lipinski definition) is 6. The van der Waals surface area contributed by atoms with Gasteiger partial charge in [-0.1, -0.05) is 41.9 Å². The lowest BCUT2D eigenvalue weighted by molar-refractivity contribution is -0.130. The molecule has 0 aliphatic carbocycles. The maximum atomic E-state index is 13.6. The van der Waals surface area contributed by atoms with Crippen LogP contribution in [0.3, 0.4) is 0 Å². The first-order valence-corrected chi connectivity index (χ1v) is 12.3. The molecule has 9 heteroatoms. The van der Waals surface area contributed by atoms with E-state index in [1.807, 2.05) is 36.4 Å². The van der Waals surface area contributed by atoms with Crippen LogP contribution < -0.4 is 19.8 Å². The number of carbonyl (C=O) groups is 1. The van der Waals surface area contributed by atoms with Gasteiger partial charge in [0.1, 0.15) is 0 Å². The molecule has 0 bridgehead atoms. The molecule has 1 amide bonds. The fourth-order valence-corrected chi connectivity index (χ4v) is 5.12. The molecular formula is C29H26ClN3O5. The summed E-state index contributed by atoms with van der Waals surface area (Å²) in [4.78, 5) is 29.3. The number of aromatic amines is 1. The summed E-state index contributed by atoms with van der Waals surface area (Å²) in [5.74, 6) is 1.10. The molecule has 1 aliphatic heterocycles. The van der Waals surface area contributed by atoms with Crippen LogP contribution in [0.1, 0.15) is 30.5 Å². The zero-order valence-corrected chi connectivity index (χ0v) is 22.1. The number of amides is 1. The standard InChI is InChI=1S/C29H26ClN3O5/c1-16(34)33-23(18-12-24(36-2)28(38-4)25(13-18)37-3)15-22(32-33)27-26(17-8-6-5-7-9-17)20-14-19(30)10-11-21(20)31-29(27)35/h5-14,23H,15H2,1-4H3,(H,31,35). The molecule has 3 aromatic carbocycles. The lowest BCUT2D eigenvalue weighted by Gasteiger charge is -2.22. The Hall–Kier alpha value is -4.30. The van der Waals surface area contributed by atoms with Gasteiger partial charge in [-0.3, -0.25) is 9.59 Å². The van der Waals surface area contributed by atoms with E-state index in [9.17, 15) is 9.59 Å². The number of ether oxygens (including phenoxy) is 3. The van der Waals surface area contributed by atoms with Gasteiger partial charge in [0.05, 0.1) is 38.6 Å². The van der Waals surface area contributed by atoms with E-state index >= 15 is 0 Å². The second-order valence-corrected chi connectivity index (χ2v) is 9.29. The Balaban J connectivity index is 1.71. The summed E-state index contributed by atoms with van der Waals surface area (Å²) in [6.45, 7) is 1.44. The molecule has 0 fully saturated rings.